The molecule has 1 N–H and O–H groups in total. The number of furan rings is 1. The molecule has 1 aliphatic rings. The van der Waals surface area contributed by atoms with Crippen molar-refractivity contribution in [3.8, 4) is 5.75 Å². The molecule has 2 aromatic carbocycles. The first-order valence-corrected chi connectivity index (χ1v) is 10.1. The van der Waals surface area contributed by atoms with Crippen LogP contribution in [0.5, 0.6) is 5.75 Å². The number of methoxy groups -OCH3 is 1. The first kappa shape index (κ1) is 18.5. The minimum absolute atomic E-state index is 0.0214. The highest BCUT2D eigenvalue weighted by Gasteiger charge is 2.26. The average Bonchev–Trinajstić information content (AvgIpc) is 3.37. The van der Waals surface area contributed by atoms with E-state index in [1.54, 1.807) is 18.2 Å². The number of ether oxygens (including phenoxy) is 1. The summed E-state index contributed by atoms with van der Waals surface area (Å²) in [5.41, 5.74) is 3.52. The van der Waals surface area contributed by atoms with Gasteiger partial charge in [-0.25, -0.2) is 0 Å². The number of amides is 1. The van der Waals surface area contributed by atoms with Crippen LogP contribution in [-0.2, 0) is 17.8 Å². The van der Waals surface area contributed by atoms with Gasteiger partial charge in [-0.3, -0.25) is 9.59 Å². The summed E-state index contributed by atoms with van der Waals surface area (Å²) in [6.45, 7) is 1.11. The van der Waals surface area contributed by atoms with E-state index in [1.807, 2.05) is 36.4 Å². The number of H-pyrrole nitrogens is 1. The van der Waals surface area contributed by atoms with E-state index in [9.17, 15) is 9.59 Å². The summed E-state index contributed by atoms with van der Waals surface area (Å²) in [5, 5.41) is 1.95. The number of hydrogen-bond acceptors (Lipinski definition) is 4. The van der Waals surface area contributed by atoms with Gasteiger partial charge in [0.15, 0.2) is 5.78 Å². The Morgan fingerprint density at radius 2 is 2.00 bits per heavy atom. The minimum Gasteiger partial charge on any atom is -0.497 e. The van der Waals surface area contributed by atoms with E-state index in [0.717, 1.165) is 34.1 Å². The lowest BCUT2D eigenvalue weighted by Crippen LogP contribution is -2.35. The Morgan fingerprint density at radius 3 is 2.87 bits per heavy atom. The molecule has 0 radical (unpaired) electrons. The molecule has 0 saturated carbocycles. The van der Waals surface area contributed by atoms with Gasteiger partial charge >= 0.3 is 0 Å². The fraction of sp³-hybridized carbons (Fsp3) is 0.250. The van der Waals surface area contributed by atoms with Gasteiger partial charge in [0.25, 0.3) is 0 Å². The van der Waals surface area contributed by atoms with Crippen molar-refractivity contribution >= 4 is 33.6 Å². The molecule has 0 fully saturated rings. The Balaban J connectivity index is 1.27. The molecular weight excluding hydrogens is 380 g/mol. The van der Waals surface area contributed by atoms with Crippen LogP contribution in [0.15, 0.2) is 53.1 Å². The zero-order chi connectivity index (χ0) is 20.7. The Bertz CT molecular complexity index is 1270. The van der Waals surface area contributed by atoms with Crippen LogP contribution in [0.1, 0.15) is 34.5 Å². The lowest BCUT2D eigenvalue weighted by Gasteiger charge is -2.26. The normalized spacial score (nSPS) is 13.6. The highest BCUT2D eigenvalue weighted by molar-refractivity contribution is 6.08. The number of ketones is 1. The molecule has 0 spiro atoms. The van der Waals surface area contributed by atoms with E-state index >= 15 is 0 Å². The maximum absolute atomic E-state index is 12.8. The molecule has 1 aliphatic heterocycles. The number of fused-ring (bicyclic) bond motifs is 4. The van der Waals surface area contributed by atoms with Crippen LogP contribution in [-0.4, -0.2) is 35.2 Å². The standard InChI is InChI=1S/C24H22N2O4/c1-29-15-6-7-20-18(12-15)19(13-25-20)21(27)8-9-24(28)26-11-10-17-16-4-2-3-5-22(16)30-23(17)14-26/h2-7,12-13,25H,8-11,14H2,1H3. The molecule has 6 heteroatoms. The van der Waals surface area contributed by atoms with Crippen LogP contribution in [0.2, 0.25) is 0 Å². The second-order valence-electron chi connectivity index (χ2n) is 7.60. The summed E-state index contributed by atoms with van der Waals surface area (Å²) >= 11 is 0. The van der Waals surface area contributed by atoms with E-state index < -0.39 is 0 Å². The summed E-state index contributed by atoms with van der Waals surface area (Å²) in [4.78, 5) is 30.4. The van der Waals surface area contributed by atoms with Crippen LogP contribution >= 0.6 is 0 Å². The van der Waals surface area contributed by atoms with Crippen molar-refractivity contribution in [2.24, 2.45) is 0 Å². The summed E-state index contributed by atoms with van der Waals surface area (Å²) in [6, 6.07) is 13.5. The molecule has 152 valence electrons. The van der Waals surface area contributed by atoms with E-state index in [4.69, 9.17) is 9.15 Å². The third-order valence-electron chi connectivity index (χ3n) is 5.86. The lowest BCUT2D eigenvalue weighted by atomic mass is 10.0. The topological polar surface area (TPSA) is 75.5 Å². The lowest BCUT2D eigenvalue weighted by molar-refractivity contribution is -0.132. The van der Waals surface area contributed by atoms with Crippen LogP contribution in [0, 0.1) is 0 Å². The van der Waals surface area contributed by atoms with Crippen molar-refractivity contribution in [1.29, 1.82) is 0 Å². The molecule has 0 bridgehead atoms. The van der Waals surface area contributed by atoms with Gasteiger partial charge in [0.1, 0.15) is 17.1 Å². The van der Waals surface area contributed by atoms with E-state index in [-0.39, 0.29) is 24.5 Å². The van der Waals surface area contributed by atoms with Crippen molar-refractivity contribution in [1.82, 2.24) is 9.88 Å². The smallest absolute Gasteiger partial charge is 0.223 e. The largest absolute Gasteiger partial charge is 0.497 e. The number of nitrogens with zero attached hydrogens (tertiary/aromatic N) is 1. The van der Waals surface area contributed by atoms with E-state index in [2.05, 4.69) is 11.1 Å². The SMILES string of the molecule is COc1ccc2[nH]cc(C(=O)CCC(=O)N3CCc4c(oc5ccccc45)C3)c2c1. The number of nitrogens with one attached hydrogen (secondary N) is 1. The van der Waals surface area contributed by atoms with Crippen LogP contribution in [0.25, 0.3) is 21.9 Å². The number of para-hydroxylation sites is 1. The zero-order valence-corrected chi connectivity index (χ0v) is 16.7. The molecule has 0 unspecified atom stereocenters. The first-order chi connectivity index (χ1) is 14.6. The summed E-state index contributed by atoms with van der Waals surface area (Å²) in [6.07, 6.45) is 2.84. The van der Waals surface area contributed by atoms with E-state index in [1.165, 1.54) is 5.56 Å². The van der Waals surface area contributed by atoms with E-state index in [0.29, 0.717) is 24.4 Å². The van der Waals surface area contributed by atoms with Gasteiger partial charge in [-0.15, -0.1) is 0 Å². The molecule has 4 aromatic rings. The maximum Gasteiger partial charge on any atom is 0.223 e. The van der Waals surface area contributed by atoms with Crippen molar-refractivity contribution in [2.75, 3.05) is 13.7 Å². The quantitative estimate of drug-likeness (QED) is 0.500. The summed E-state index contributed by atoms with van der Waals surface area (Å²) < 4.78 is 11.2. The second-order valence-corrected chi connectivity index (χ2v) is 7.60. The maximum atomic E-state index is 12.8. The summed E-state index contributed by atoms with van der Waals surface area (Å²) in [5.74, 6) is 1.48. The predicted molar refractivity (Wildman–Crippen MR) is 114 cm³/mol. The van der Waals surface area contributed by atoms with Crippen molar-refractivity contribution in [2.45, 2.75) is 25.8 Å². The second kappa shape index (κ2) is 7.37. The molecule has 2 aromatic heterocycles. The van der Waals surface area contributed by atoms with Gasteiger partial charge in [0.2, 0.25) is 5.91 Å². The molecule has 0 aliphatic carbocycles. The predicted octanol–water partition coefficient (Wildman–Crippen LogP) is 4.47. The number of carbonyl (C=O) groups excluding carboxylic acids is 2. The number of benzene rings is 2. The number of aromatic amines is 1. The van der Waals surface area contributed by atoms with Gasteiger partial charge in [0.05, 0.1) is 13.7 Å². The van der Waals surface area contributed by atoms with Gasteiger partial charge in [0, 0.05) is 53.0 Å². The fourth-order valence-corrected chi connectivity index (χ4v) is 4.23. The van der Waals surface area contributed by atoms with Crippen molar-refractivity contribution < 1.29 is 18.7 Å². The first-order valence-electron chi connectivity index (χ1n) is 10.1. The average molecular weight is 402 g/mol. The van der Waals surface area contributed by atoms with Gasteiger partial charge < -0.3 is 19.0 Å². The molecule has 3 heterocycles. The van der Waals surface area contributed by atoms with Gasteiger partial charge in [-0.2, -0.15) is 0 Å². The monoisotopic (exact) mass is 402 g/mol. The third-order valence-corrected chi connectivity index (χ3v) is 5.86. The molecule has 0 atom stereocenters. The molecular formula is C24H22N2O4. The van der Waals surface area contributed by atoms with Crippen molar-refractivity contribution in [3.05, 3.63) is 65.5 Å². The van der Waals surface area contributed by atoms with Gasteiger partial charge in [-0.05, 0) is 30.7 Å². The zero-order valence-electron chi connectivity index (χ0n) is 16.7. The number of aromatic nitrogens is 1. The van der Waals surface area contributed by atoms with Crippen LogP contribution < -0.4 is 4.74 Å². The van der Waals surface area contributed by atoms with Gasteiger partial charge in [-0.1, -0.05) is 18.2 Å². The number of Topliss-reactive ketones (excluding diaryl/α,β-unsaturated/α-hetero) is 1. The molecule has 0 saturated heterocycles. The number of carbonyl (C=O) groups is 2. The molecule has 1 amide bonds. The molecule has 6 nitrogen and oxygen atoms in total. The Labute approximate surface area is 173 Å². The van der Waals surface area contributed by atoms with Crippen LogP contribution in [0.4, 0.5) is 0 Å². The number of rotatable bonds is 5. The Morgan fingerprint density at radius 1 is 1.13 bits per heavy atom. The Hall–Kier alpha value is -3.54. The third kappa shape index (κ3) is 3.14. The Kier molecular flexibility index (Phi) is 4.54. The number of hydrogen-bond donors (Lipinski definition) is 1. The highest BCUT2D eigenvalue weighted by atomic mass is 16.5. The fourth-order valence-electron chi connectivity index (χ4n) is 4.23. The summed E-state index contributed by atoms with van der Waals surface area (Å²) in [7, 11) is 1.60. The highest BCUT2D eigenvalue weighted by Crippen LogP contribution is 2.31. The molecule has 30 heavy (non-hydrogen) atoms. The molecule has 5 rings (SSSR count). The minimum atomic E-state index is -0.0516. The van der Waals surface area contributed by atoms with Crippen molar-refractivity contribution in [3.63, 3.8) is 0 Å². The van der Waals surface area contributed by atoms with Crippen LogP contribution in [0.3, 0.4) is 0 Å².